The Bertz CT molecular complexity index is 2090. The minimum atomic E-state index is -5.12. The first-order chi connectivity index (χ1) is 27.0. The Hall–Kier alpha value is -4.30. The van der Waals surface area contributed by atoms with Crippen LogP contribution in [0.3, 0.4) is 0 Å². The van der Waals surface area contributed by atoms with Gasteiger partial charge >= 0.3 is 18.4 Å². The van der Waals surface area contributed by atoms with E-state index < -0.39 is 52.1 Å². The maximum Gasteiger partial charge on any atom is 0.416 e. The Labute approximate surface area is 335 Å². The van der Waals surface area contributed by atoms with Gasteiger partial charge in [0.1, 0.15) is 5.60 Å². The molecule has 4 aromatic rings. The molecule has 7 nitrogen and oxygen atoms in total. The Kier molecular flexibility index (Phi) is 11.3. The fourth-order valence-electron chi connectivity index (χ4n) is 8.85. The number of carbonyl (C=O) groups excluding carboxylic acids is 1. The summed E-state index contributed by atoms with van der Waals surface area (Å²) >= 11 is 12.7. The molecule has 4 aromatic carbocycles. The lowest BCUT2D eigenvalue weighted by Gasteiger charge is -2.48. The van der Waals surface area contributed by atoms with E-state index in [-0.39, 0.29) is 54.8 Å². The van der Waals surface area contributed by atoms with E-state index in [1.165, 1.54) is 4.90 Å². The van der Waals surface area contributed by atoms with E-state index in [2.05, 4.69) is 17.0 Å². The number of nitrogens with zero attached hydrogens (tertiary/aromatic N) is 3. The topological polar surface area (TPSA) is 73.3 Å². The summed E-state index contributed by atoms with van der Waals surface area (Å²) in [6.07, 6.45) is -9.03. The second-order valence-electron chi connectivity index (χ2n) is 15.0. The van der Waals surface area contributed by atoms with E-state index in [1.54, 1.807) is 23.1 Å². The van der Waals surface area contributed by atoms with Crippen molar-refractivity contribution >= 4 is 35.2 Å². The first kappa shape index (κ1) is 40.9. The van der Waals surface area contributed by atoms with Gasteiger partial charge in [-0.25, -0.2) is 4.79 Å². The highest BCUT2D eigenvalue weighted by Crippen LogP contribution is 2.49. The number of hydrogen-bond acceptors (Lipinski definition) is 4. The Morgan fingerprint density at radius 1 is 0.825 bits per heavy atom. The normalized spacial score (nSPS) is 21.1. The molecule has 0 bridgehead atoms. The summed E-state index contributed by atoms with van der Waals surface area (Å²) in [7, 11) is 0. The molecule has 1 aliphatic carbocycles. The predicted octanol–water partition coefficient (Wildman–Crippen LogP) is 9.93. The van der Waals surface area contributed by atoms with Gasteiger partial charge < -0.3 is 19.6 Å². The number of rotatable bonds is 8. The maximum absolute atomic E-state index is 13.8. The number of carboxylic acid groups (broad SMARTS) is 1. The fraction of sp³-hybridized carbons (Fsp3) is 0.381. The number of morpholine rings is 1. The summed E-state index contributed by atoms with van der Waals surface area (Å²) in [5.74, 6) is -0.997. The third-order valence-electron chi connectivity index (χ3n) is 11.8. The Morgan fingerprint density at radius 2 is 1.47 bits per heavy atom. The lowest BCUT2D eigenvalue weighted by Crippen LogP contribution is -2.56. The molecule has 1 N–H and O–H groups in total. The van der Waals surface area contributed by atoms with Gasteiger partial charge in [-0.15, -0.1) is 0 Å². The smallest absolute Gasteiger partial charge is 0.416 e. The molecule has 302 valence electrons. The van der Waals surface area contributed by atoms with Gasteiger partial charge in [-0.3, -0.25) is 9.69 Å². The Balaban J connectivity index is 1.14. The van der Waals surface area contributed by atoms with E-state index in [0.29, 0.717) is 56.6 Å². The molecule has 1 spiro atoms. The third kappa shape index (κ3) is 8.35. The summed E-state index contributed by atoms with van der Waals surface area (Å²) in [6.45, 7) is 1.60. The standard InChI is InChI=1S/C42H39Cl2F6N3O4/c43-34-11-10-30(24-35(34)44)40(26-52(18-19-57-40)37(54)29-20-31(41(45,46)47)23-32(21-29)42(48,49)50)14-17-51-15-12-39(13-16-51)33-9-5-4-8-28(33)22-36(39)53(38(55)56)25-27-6-2-1-3-7-27/h1-11,20-21,23-24,36H,12-19,22,25-26H2,(H,55,56)/t36?,40-/m0/s1. The SMILES string of the molecule is O=C(c1cc(C(F)(F)F)cc(C(F)(F)F)c1)N1CCO[C@](CCN2CCC3(CC2)c2ccccc2CC3N(Cc2ccccc2)C(=O)O)(c2ccc(Cl)c(Cl)c2)C1. The van der Waals surface area contributed by atoms with Gasteiger partial charge in [-0.2, -0.15) is 26.3 Å². The van der Waals surface area contributed by atoms with Gasteiger partial charge in [0, 0.05) is 36.7 Å². The van der Waals surface area contributed by atoms with E-state index in [9.17, 15) is 41.0 Å². The number of benzene rings is 4. The molecule has 0 saturated carbocycles. The molecule has 0 radical (unpaired) electrons. The number of fused-ring (bicyclic) bond motifs is 2. The minimum Gasteiger partial charge on any atom is -0.465 e. The molecule has 7 rings (SSSR count). The van der Waals surface area contributed by atoms with E-state index in [0.717, 1.165) is 16.7 Å². The summed E-state index contributed by atoms with van der Waals surface area (Å²) in [4.78, 5) is 31.7. The van der Waals surface area contributed by atoms with E-state index in [4.69, 9.17) is 27.9 Å². The largest absolute Gasteiger partial charge is 0.465 e. The molecule has 0 aromatic heterocycles. The number of amides is 2. The average Bonchev–Trinajstić information content (AvgIpc) is 3.49. The summed E-state index contributed by atoms with van der Waals surface area (Å²) in [6, 6.07) is 23.0. The van der Waals surface area contributed by atoms with Gasteiger partial charge in [0.05, 0.1) is 34.3 Å². The predicted molar refractivity (Wildman–Crippen MR) is 202 cm³/mol. The molecule has 2 heterocycles. The van der Waals surface area contributed by atoms with Gasteiger partial charge in [-0.05, 0) is 91.4 Å². The van der Waals surface area contributed by atoms with Crippen LogP contribution in [0.5, 0.6) is 0 Å². The van der Waals surface area contributed by atoms with Gasteiger partial charge in [0.15, 0.2) is 0 Å². The lowest BCUT2D eigenvalue weighted by atomic mass is 9.70. The van der Waals surface area contributed by atoms with Gasteiger partial charge in [-0.1, -0.05) is 83.9 Å². The highest BCUT2D eigenvalue weighted by molar-refractivity contribution is 6.42. The van der Waals surface area contributed by atoms with Crippen molar-refractivity contribution in [3.8, 4) is 0 Å². The number of carbonyl (C=O) groups is 2. The van der Waals surface area contributed by atoms with Crippen LogP contribution in [0.25, 0.3) is 0 Å². The zero-order valence-corrected chi connectivity index (χ0v) is 32.1. The van der Waals surface area contributed by atoms with Crippen LogP contribution in [0.4, 0.5) is 31.1 Å². The second kappa shape index (κ2) is 15.8. The summed E-state index contributed by atoms with van der Waals surface area (Å²) in [5, 5.41) is 11.0. The van der Waals surface area contributed by atoms with E-state index in [1.807, 2.05) is 42.5 Å². The van der Waals surface area contributed by atoms with Crippen LogP contribution < -0.4 is 0 Å². The number of ether oxygens (including phenoxy) is 1. The molecule has 2 aliphatic heterocycles. The molecule has 3 aliphatic rings. The molecule has 1 unspecified atom stereocenters. The van der Waals surface area contributed by atoms with Crippen molar-refractivity contribution in [2.75, 3.05) is 39.3 Å². The molecule has 2 amide bonds. The van der Waals surface area contributed by atoms with Crippen molar-refractivity contribution in [1.29, 1.82) is 0 Å². The van der Waals surface area contributed by atoms with Crippen LogP contribution >= 0.6 is 23.2 Å². The van der Waals surface area contributed by atoms with Crippen LogP contribution in [-0.2, 0) is 41.1 Å². The minimum absolute atomic E-state index is 0.00624. The highest BCUT2D eigenvalue weighted by Gasteiger charge is 2.52. The number of likely N-dealkylation sites (tertiary alicyclic amines) is 1. The number of alkyl halides is 6. The first-order valence-corrected chi connectivity index (χ1v) is 19.3. The van der Waals surface area contributed by atoms with Crippen LogP contribution in [0.15, 0.2) is 91.0 Å². The summed E-state index contributed by atoms with van der Waals surface area (Å²) in [5.41, 5.74) is -1.87. The molecule has 15 heteroatoms. The van der Waals surface area contributed by atoms with E-state index >= 15 is 0 Å². The monoisotopic (exact) mass is 833 g/mol. The van der Waals surface area contributed by atoms with Crippen molar-refractivity contribution in [2.24, 2.45) is 0 Å². The summed E-state index contributed by atoms with van der Waals surface area (Å²) < 4.78 is 88.7. The van der Waals surface area contributed by atoms with Crippen molar-refractivity contribution in [1.82, 2.24) is 14.7 Å². The van der Waals surface area contributed by atoms with Crippen molar-refractivity contribution < 1.29 is 45.8 Å². The number of halogens is 8. The van der Waals surface area contributed by atoms with Crippen LogP contribution in [0.1, 0.15) is 63.0 Å². The zero-order chi connectivity index (χ0) is 40.8. The molecule has 2 fully saturated rings. The van der Waals surface area contributed by atoms with Crippen LogP contribution in [-0.4, -0.2) is 77.2 Å². The van der Waals surface area contributed by atoms with Crippen LogP contribution in [0, 0.1) is 0 Å². The highest BCUT2D eigenvalue weighted by atomic mass is 35.5. The van der Waals surface area contributed by atoms with Crippen molar-refractivity contribution in [2.45, 2.75) is 61.6 Å². The average molecular weight is 835 g/mol. The molecular weight excluding hydrogens is 795 g/mol. The fourth-order valence-corrected chi connectivity index (χ4v) is 9.15. The second-order valence-corrected chi connectivity index (χ2v) is 15.8. The Morgan fingerprint density at radius 3 is 2.11 bits per heavy atom. The molecule has 57 heavy (non-hydrogen) atoms. The number of hydrogen-bond donors (Lipinski definition) is 1. The number of piperidine rings is 1. The first-order valence-electron chi connectivity index (χ1n) is 18.5. The molecule has 2 atom stereocenters. The van der Waals surface area contributed by atoms with Gasteiger partial charge in [0.2, 0.25) is 0 Å². The van der Waals surface area contributed by atoms with Gasteiger partial charge in [0.25, 0.3) is 5.91 Å². The lowest BCUT2D eigenvalue weighted by molar-refractivity contribution is -0.143. The molecule has 2 saturated heterocycles. The molecular formula is C42H39Cl2F6N3O4. The third-order valence-corrected chi connectivity index (χ3v) is 12.5. The van der Waals surface area contributed by atoms with Crippen molar-refractivity contribution in [3.05, 3.63) is 140 Å². The van der Waals surface area contributed by atoms with Crippen molar-refractivity contribution in [3.63, 3.8) is 0 Å². The zero-order valence-electron chi connectivity index (χ0n) is 30.6. The van der Waals surface area contributed by atoms with Crippen LogP contribution in [0.2, 0.25) is 10.0 Å². The quantitative estimate of drug-likeness (QED) is 0.179. The maximum atomic E-state index is 13.8.